The lowest BCUT2D eigenvalue weighted by atomic mass is 10.0. The van der Waals surface area contributed by atoms with Gasteiger partial charge in [0.05, 0.1) is 6.61 Å². The predicted octanol–water partition coefficient (Wildman–Crippen LogP) is 11.5. The Labute approximate surface area is 273 Å². The van der Waals surface area contributed by atoms with Crippen LogP contribution in [-0.4, -0.2) is 36.4 Å². The molecule has 0 radical (unpaired) electrons. The van der Waals surface area contributed by atoms with Gasteiger partial charge in [-0.1, -0.05) is 160 Å². The zero-order chi connectivity index (χ0) is 32.2. The van der Waals surface area contributed by atoms with Crippen molar-refractivity contribution in [1.29, 1.82) is 0 Å². The molecule has 0 fully saturated rings. The summed E-state index contributed by atoms with van der Waals surface area (Å²) in [7, 11) is 0. The molecule has 0 aliphatic carbocycles. The molecule has 0 spiro atoms. The number of carbonyl (C=O) groups is 2. The highest BCUT2D eigenvalue weighted by Gasteiger charge is 2.16. The number of aliphatic hydroxyl groups is 1. The van der Waals surface area contributed by atoms with Crippen LogP contribution < -0.4 is 0 Å². The lowest BCUT2D eigenvalue weighted by molar-refractivity contribution is -0.161. The maximum atomic E-state index is 12.1. The van der Waals surface area contributed by atoms with E-state index in [0.717, 1.165) is 44.9 Å². The number of unbranched alkanes of at least 4 members (excludes halogenated alkanes) is 22. The predicted molar refractivity (Wildman–Crippen MR) is 187 cm³/mol. The third-order valence-corrected chi connectivity index (χ3v) is 8.25. The number of hydrogen-bond donors (Lipinski definition) is 1. The van der Waals surface area contributed by atoms with Crippen LogP contribution >= 0.6 is 0 Å². The zero-order valence-corrected chi connectivity index (χ0v) is 29.2. The van der Waals surface area contributed by atoms with Gasteiger partial charge in [-0.2, -0.15) is 0 Å². The normalized spacial score (nSPS) is 12.3. The molecule has 5 nitrogen and oxygen atoms in total. The van der Waals surface area contributed by atoms with Gasteiger partial charge < -0.3 is 14.6 Å². The fourth-order valence-corrected chi connectivity index (χ4v) is 5.35. The zero-order valence-electron chi connectivity index (χ0n) is 29.2. The molecule has 5 heteroatoms. The Morgan fingerprint density at radius 1 is 0.523 bits per heavy atom. The molecule has 0 aliphatic rings. The highest BCUT2D eigenvalue weighted by Crippen LogP contribution is 2.14. The largest absolute Gasteiger partial charge is 0.462 e. The van der Waals surface area contributed by atoms with Crippen molar-refractivity contribution in [2.75, 3.05) is 13.2 Å². The molecule has 0 saturated heterocycles. The SMILES string of the molecule is CCCCCCC/C=C\C/C=C\CCCCCCCCCCCCCC(=O)OC(CO)COC(=O)CCCCCCCCC. The second kappa shape index (κ2) is 35.9. The summed E-state index contributed by atoms with van der Waals surface area (Å²) in [6.07, 6.45) is 41.1. The molecule has 0 saturated carbocycles. The molecule has 1 unspecified atom stereocenters. The lowest BCUT2D eigenvalue weighted by Crippen LogP contribution is -2.28. The topological polar surface area (TPSA) is 72.8 Å². The molecule has 258 valence electrons. The molecule has 0 aromatic heterocycles. The van der Waals surface area contributed by atoms with Crippen molar-refractivity contribution in [1.82, 2.24) is 0 Å². The summed E-state index contributed by atoms with van der Waals surface area (Å²) < 4.78 is 10.5. The maximum Gasteiger partial charge on any atom is 0.306 e. The van der Waals surface area contributed by atoms with E-state index in [1.165, 1.54) is 122 Å². The van der Waals surface area contributed by atoms with E-state index < -0.39 is 6.10 Å². The van der Waals surface area contributed by atoms with Crippen molar-refractivity contribution < 1.29 is 24.2 Å². The van der Waals surface area contributed by atoms with Gasteiger partial charge >= 0.3 is 11.9 Å². The van der Waals surface area contributed by atoms with Gasteiger partial charge in [-0.15, -0.1) is 0 Å². The Morgan fingerprint density at radius 3 is 1.34 bits per heavy atom. The lowest BCUT2D eigenvalue weighted by Gasteiger charge is -2.15. The minimum absolute atomic E-state index is 0.0637. The average Bonchev–Trinajstić information content (AvgIpc) is 3.02. The molecule has 0 heterocycles. The summed E-state index contributed by atoms with van der Waals surface area (Å²) in [6.45, 7) is 4.08. The van der Waals surface area contributed by atoms with E-state index in [0.29, 0.717) is 12.8 Å². The number of allylic oxidation sites excluding steroid dienone is 4. The minimum atomic E-state index is -0.765. The van der Waals surface area contributed by atoms with Crippen molar-refractivity contribution in [3.63, 3.8) is 0 Å². The van der Waals surface area contributed by atoms with Crippen LogP contribution in [0, 0.1) is 0 Å². The first kappa shape index (κ1) is 42.4. The summed E-state index contributed by atoms with van der Waals surface area (Å²) >= 11 is 0. The third kappa shape index (κ3) is 33.3. The van der Waals surface area contributed by atoms with E-state index in [2.05, 4.69) is 38.2 Å². The molecule has 0 aromatic rings. The fourth-order valence-electron chi connectivity index (χ4n) is 5.35. The van der Waals surface area contributed by atoms with Crippen LogP contribution in [0.4, 0.5) is 0 Å². The Bertz CT molecular complexity index is 671. The molecule has 44 heavy (non-hydrogen) atoms. The summed E-state index contributed by atoms with van der Waals surface area (Å²) in [4.78, 5) is 24.0. The summed E-state index contributed by atoms with van der Waals surface area (Å²) in [5, 5.41) is 9.49. The van der Waals surface area contributed by atoms with E-state index >= 15 is 0 Å². The van der Waals surface area contributed by atoms with E-state index in [1.807, 2.05) is 0 Å². The smallest absolute Gasteiger partial charge is 0.306 e. The van der Waals surface area contributed by atoms with Gasteiger partial charge in [-0.05, 0) is 44.9 Å². The summed E-state index contributed by atoms with van der Waals surface area (Å²) in [5.74, 6) is -0.596. The van der Waals surface area contributed by atoms with Gasteiger partial charge in [0.25, 0.3) is 0 Å². The number of esters is 2. The molecule has 0 bridgehead atoms. The Kier molecular flexibility index (Phi) is 34.5. The second-order valence-electron chi connectivity index (χ2n) is 12.7. The van der Waals surface area contributed by atoms with Crippen LogP contribution in [0.15, 0.2) is 24.3 Å². The minimum Gasteiger partial charge on any atom is -0.462 e. The van der Waals surface area contributed by atoms with Gasteiger partial charge in [-0.25, -0.2) is 0 Å². The third-order valence-electron chi connectivity index (χ3n) is 8.25. The molecule has 1 N–H and O–H groups in total. The van der Waals surface area contributed by atoms with Crippen molar-refractivity contribution in [3.8, 4) is 0 Å². The summed E-state index contributed by atoms with van der Waals surface area (Å²) in [5.41, 5.74) is 0. The van der Waals surface area contributed by atoms with E-state index in [-0.39, 0.29) is 25.2 Å². The van der Waals surface area contributed by atoms with Crippen molar-refractivity contribution >= 4 is 11.9 Å². The van der Waals surface area contributed by atoms with E-state index in [1.54, 1.807) is 0 Å². The standard InChI is InChI=1S/C39H72O5/c1-3-5-7-9-11-12-13-14-15-16-17-18-19-20-21-22-23-24-25-26-28-30-32-34-39(42)44-37(35-40)36-43-38(41)33-31-29-27-10-8-6-4-2/h13-14,16-17,37,40H,3-12,15,18-36H2,1-2H3/b14-13-,17-16-. The molecular formula is C39H72O5. The first-order chi connectivity index (χ1) is 21.6. The number of hydrogen-bond acceptors (Lipinski definition) is 5. The van der Waals surface area contributed by atoms with Crippen LogP contribution in [0.1, 0.15) is 194 Å². The first-order valence-corrected chi connectivity index (χ1v) is 18.9. The molecule has 0 rings (SSSR count). The number of carbonyl (C=O) groups excluding carboxylic acids is 2. The van der Waals surface area contributed by atoms with Gasteiger partial charge in [-0.3, -0.25) is 9.59 Å². The van der Waals surface area contributed by atoms with E-state index in [9.17, 15) is 14.7 Å². The number of rotatable bonds is 34. The number of ether oxygens (including phenoxy) is 2. The maximum absolute atomic E-state index is 12.1. The Hall–Kier alpha value is -1.62. The van der Waals surface area contributed by atoms with Crippen LogP contribution in [0.2, 0.25) is 0 Å². The van der Waals surface area contributed by atoms with E-state index in [4.69, 9.17) is 9.47 Å². The van der Waals surface area contributed by atoms with Crippen molar-refractivity contribution in [2.24, 2.45) is 0 Å². The van der Waals surface area contributed by atoms with Crippen LogP contribution in [-0.2, 0) is 19.1 Å². The van der Waals surface area contributed by atoms with Crippen molar-refractivity contribution in [3.05, 3.63) is 24.3 Å². The average molecular weight is 621 g/mol. The second-order valence-corrected chi connectivity index (χ2v) is 12.7. The van der Waals surface area contributed by atoms with Crippen LogP contribution in [0.25, 0.3) is 0 Å². The summed E-state index contributed by atoms with van der Waals surface area (Å²) in [6, 6.07) is 0. The molecule has 0 amide bonds. The Morgan fingerprint density at radius 2 is 0.909 bits per heavy atom. The van der Waals surface area contributed by atoms with Crippen LogP contribution in [0.5, 0.6) is 0 Å². The fraction of sp³-hybridized carbons (Fsp3) is 0.846. The van der Waals surface area contributed by atoms with Gasteiger partial charge in [0, 0.05) is 12.8 Å². The first-order valence-electron chi connectivity index (χ1n) is 18.9. The molecule has 1 atom stereocenters. The molecular weight excluding hydrogens is 548 g/mol. The Balaban J connectivity index is 3.48. The van der Waals surface area contributed by atoms with Gasteiger partial charge in [0.1, 0.15) is 6.61 Å². The van der Waals surface area contributed by atoms with Crippen LogP contribution in [0.3, 0.4) is 0 Å². The quantitative estimate of drug-likeness (QED) is 0.0440. The molecule has 0 aliphatic heterocycles. The van der Waals surface area contributed by atoms with Crippen molar-refractivity contribution in [2.45, 2.75) is 200 Å². The van der Waals surface area contributed by atoms with Gasteiger partial charge in [0.15, 0.2) is 6.10 Å². The molecule has 0 aromatic carbocycles. The highest BCUT2D eigenvalue weighted by atomic mass is 16.6. The van der Waals surface area contributed by atoms with Gasteiger partial charge in [0.2, 0.25) is 0 Å². The number of aliphatic hydroxyl groups excluding tert-OH is 1. The highest BCUT2D eigenvalue weighted by molar-refractivity contribution is 5.70. The monoisotopic (exact) mass is 621 g/mol.